The van der Waals surface area contributed by atoms with Crippen molar-refractivity contribution in [1.29, 1.82) is 0 Å². The summed E-state index contributed by atoms with van der Waals surface area (Å²) < 4.78 is 41.8. The molecule has 20 heavy (non-hydrogen) atoms. The van der Waals surface area contributed by atoms with Gasteiger partial charge in [-0.2, -0.15) is 13.2 Å². The summed E-state index contributed by atoms with van der Waals surface area (Å²) in [4.78, 5) is 11.4. The van der Waals surface area contributed by atoms with Gasteiger partial charge >= 0.3 is 12.1 Å². The summed E-state index contributed by atoms with van der Waals surface area (Å²) in [6.07, 6.45) is -1.74. The zero-order valence-corrected chi connectivity index (χ0v) is 11.6. The summed E-state index contributed by atoms with van der Waals surface area (Å²) in [5, 5.41) is 8.76. The van der Waals surface area contributed by atoms with Crippen LogP contribution in [0, 0.1) is 5.92 Å². The molecule has 0 atom stereocenters. The summed E-state index contributed by atoms with van der Waals surface area (Å²) in [7, 11) is 1.35. The van der Waals surface area contributed by atoms with E-state index in [4.69, 9.17) is 0 Å². The Balaban J connectivity index is 1.87. The zero-order chi connectivity index (χ0) is 14.8. The lowest BCUT2D eigenvalue weighted by molar-refractivity contribution is -0.146. The highest BCUT2D eigenvalue weighted by molar-refractivity contribution is 7.15. The molecule has 1 fully saturated rings. The minimum absolute atomic E-state index is 0.0185. The number of carbonyl (C=O) groups is 1. The van der Waals surface area contributed by atoms with Gasteiger partial charge in [0.1, 0.15) is 0 Å². The molecule has 0 bridgehead atoms. The third-order valence-electron chi connectivity index (χ3n) is 3.26. The quantitative estimate of drug-likeness (QED) is 0.870. The molecule has 1 N–H and O–H groups in total. The molecule has 0 saturated heterocycles. The lowest BCUT2D eigenvalue weighted by Crippen LogP contribution is -2.29. The zero-order valence-electron chi connectivity index (χ0n) is 10.7. The Labute approximate surface area is 117 Å². The van der Waals surface area contributed by atoms with E-state index in [1.54, 1.807) is 0 Å². The number of carbonyl (C=O) groups excluding carboxylic acids is 1. The van der Waals surface area contributed by atoms with Crippen LogP contribution < -0.4 is 5.32 Å². The van der Waals surface area contributed by atoms with Crippen LogP contribution >= 0.6 is 11.3 Å². The first-order chi connectivity index (χ1) is 9.40. The summed E-state index contributed by atoms with van der Waals surface area (Å²) in [6.45, 7) is 0. The first-order valence-electron chi connectivity index (χ1n) is 6.15. The van der Waals surface area contributed by atoms with Crippen molar-refractivity contribution in [3.63, 3.8) is 0 Å². The average Bonchev–Trinajstić information content (AvgIpc) is 2.87. The highest BCUT2D eigenvalue weighted by Crippen LogP contribution is 2.34. The van der Waals surface area contributed by atoms with Gasteiger partial charge in [0.2, 0.25) is 10.1 Å². The van der Waals surface area contributed by atoms with E-state index in [0.717, 1.165) is 0 Å². The monoisotopic (exact) mass is 309 g/mol. The summed E-state index contributed by atoms with van der Waals surface area (Å²) in [5.41, 5.74) is 0. The molecule has 9 heteroatoms. The number of rotatable bonds is 3. The Hall–Kier alpha value is -1.38. The van der Waals surface area contributed by atoms with Gasteiger partial charge in [0, 0.05) is 6.04 Å². The lowest BCUT2D eigenvalue weighted by Gasteiger charge is -2.27. The van der Waals surface area contributed by atoms with Crippen LogP contribution in [0.4, 0.5) is 18.3 Å². The van der Waals surface area contributed by atoms with E-state index >= 15 is 0 Å². The van der Waals surface area contributed by atoms with E-state index < -0.39 is 11.2 Å². The first kappa shape index (κ1) is 15.0. The minimum atomic E-state index is -4.46. The standard InChI is InChI=1S/C11H14F3N3O2S/c1-19-8(18)6-2-4-7(5-3-6)15-10-17-16-9(20-10)11(12,13)14/h6-7H,2-5H2,1H3,(H,15,17). The number of hydrogen-bond acceptors (Lipinski definition) is 6. The van der Waals surface area contributed by atoms with Crippen molar-refractivity contribution in [2.24, 2.45) is 5.92 Å². The van der Waals surface area contributed by atoms with Crippen LogP contribution in [0.1, 0.15) is 30.7 Å². The first-order valence-corrected chi connectivity index (χ1v) is 6.97. The molecule has 1 aromatic rings. The number of alkyl halides is 3. The summed E-state index contributed by atoms with van der Waals surface area (Å²) in [6, 6.07) is 0.0185. The minimum Gasteiger partial charge on any atom is -0.469 e. The maximum absolute atomic E-state index is 12.4. The molecule has 1 saturated carbocycles. The Bertz CT molecular complexity index is 470. The number of aromatic nitrogens is 2. The van der Waals surface area contributed by atoms with E-state index in [1.807, 2.05) is 0 Å². The van der Waals surface area contributed by atoms with Crippen LogP contribution in [0.5, 0.6) is 0 Å². The molecule has 0 radical (unpaired) electrons. The van der Waals surface area contributed by atoms with E-state index in [2.05, 4.69) is 20.3 Å². The second-order valence-corrected chi connectivity index (χ2v) is 5.60. The number of hydrogen-bond donors (Lipinski definition) is 1. The third kappa shape index (κ3) is 3.59. The van der Waals surface area contributed by atoms with Crippen molar-refractivity contribution >= 4 is 22.4 Å². The van der Waals surface area contributed by atoms with Gasteiger partial charge in [-0.25, -0.2) is 0 Å². The Morgan fingerprint density at radius 3 is 2.45 bits per heavy atom. The van der Waals surface area contributed by atoms with Crippen molar-refractivity contribution < 1.29 is 22.7 Å². The predicted molar refractivity (Wildman–Crippen MR) is 66.3 cm³/mol. The number of methoxy groups -OCH3 is 1. The van der Waals surface area contributed by atoms with Gasteiger partial charge in [-0.1, -0.05) is 11.3 Å². The van der Waals surface area contributed by atoms with E-state index in [-0.39, 0.29) is 23.1 Å². The van der Waals surface area contributed by atoms with Crippen molar-refractivity contribution in [3.05, 3.63) is 5.01 Å². The molecule has 1 aliphatic carbocycles. The fourth-order valence-electron chi connectivity index (χ4n) is 2.21. The molecular weight excluding hydrogens is 295 g/mol. The average molecular weight is 309 g/mol. The molecule has 112 valence electrons. The van der Waals surface area contributed by atoms with E-state index in [9.17, 15) is 18.0 Å². The van der Waals surface area contributed by atoms with Crippen molar-refractivity contribution in [2.45, 2.75) is 37.9 Å². The SMILES string of the molecule is COC(=O)C1CCC(Nc2nnc(C(F)(F)F)s2)CC1. The molecule has 0 aliphatic heterocycles. The number of nitrogens with one attached hydrogen (secondary N) is 1. The van der Waals surface area contributed by atoms with Gasteiger partial charge in [0.25, 0.3) is 0 Å². The largest absolute Gasteiger partial charge is 0.469 e. The number of ether oxygens (including phenoxy) is 1. The molecule has 1 aliphatic rings. The van der Waals surface area contributed by atoms with E-state index in [1.165, 1.54) is 7.11 Å². The smallest absolute Gasteiger partial charge is 0.445 e. The summed E-state index contributed by atoms with van der Waals surface area (Å²) in [5.74, 6) is -0.336. The highest BCUT2D eigenvalue weighted by Gasteiger charge is 2.36. The maximum Gasteiger partial charge on any atom is 0.445 e. The van der Waals surface area contributed by atoms with Crippen LogP contribution in [-0.2, 0) is 15.7 Å². The Morgan fingerprint density at radius 2 is 1.95 bits per heavy atom. The number of nitrogens with zero attached hydrogens (tertiary/aromatic N) is 2. The molecular formula is C11H14F3N3O2S. The second kappa shape index (κ2) is 5.94. The van der Waals surface area contributed by atoms with Gasteiger partial charge in [0.15, 0.2) is 0 Å². The van der Waals surface area contributed by atoms with Crippen LogP contribution in [0.25, 0.3) is 0 Å². The van der Waals surface area contributed by atoms with Gasteiger partial charge in [-0.3, -0.25) is 4.79 Å². The topological polar surface area (TPSA) is 64.1 Å². The molecule has 0 unspecified atom stereocenters. The Morgan fingerprint density at radius 1 is 1.30 bits per heavy atom. The van der Waals surface area contributed by atoms with Gasteiger partial charge in [-0.05, 0) is 25.7 Å². The molecule has 1 aromatic heterocycles. The molecule has 5 nitrogen and oxygen atoms in total. The fourth-order valence-corrected chi connectivity index (χ4v) is 2.90. The lowest BCUT2D eigenvalue weighted by atomic mass is 9.86. The third-order valence-corrected chi connectivity index (χ3v) is 4.16. The second-order valence-electron chi connectivity index (χ2n) is 4.63. The number of anilines is 1. The normalized spacial score (nSPS) is 23.4. The van der Waals surface area contributed by atoms with Gasteiger partial charge in [0.05, 0.1) is 13.0 Å². The Kier molecular flexibility index (Phi) is 4.46. The molecule has 0 spiro atoms. The van der Waals surface area contributed by atoms with Crippen molar-refractivity contribution in [2.75, 3.05) is 12.4 Å². The molecule has 0 aromatic carbocycles. The molecule has 2 rings (SSSR count). The van der Waals surface area contributed by atoms with Crippen LogP contribution in [0.3, 0.4) is 0 Å². The summed E-state index contributed by atoms with van der Waals surface area (Å²) >= 11 is 0.495. The van der Waals surface area contributed by atoms with Crippen LogP contribution in [0.2, 0.25) is 0 Å². The van der Waals surface area contributed by atoms with Crippen LogP contribution in [-0.4, -0.2) is 29.3 Å². The van der Waals surface area contributed by atoms with Crippen LogP contribution in [0.15, 0.2) is 0 Å². The predicted octanol–water partition coefficient (Wildman–Crippen LogP) is 2.70. The maximum atomic E-state index is 12.4. The number of halogens is 3. The van der Waals surface area contributed by atoms with Gasteiger partial charge < -0.3 is 10.1 Å². The molecule has 0 amide bonds. The van der Waals surface area contributed by atoms with E-state index in [0.29, 0.717) is 37.0 Å². The fraction of sp³-hybridized carbons (Fsp3) is 0.727. The van der Waals surface area contributed by atoms with Gasteiger partial charge in [-0.15, -0.1) is 10.2 Å². The number of esters is 1. The van der Waals surface area contributed by atoms with Crippen molar-refractivity contribution in [3.8, 4) is 0 Å². The molecule has 1 heterocycles. The highest BCUT2D eigenvalue weighted by atomic mass is 32.1. The van der Waals surface area contributed by atoms with Crippen molar-refractivity contribution in [1.82, 2.24) is 10.2 Å².